The van der Waals surface area contributed by atoms with Crippen molar-refractivity contribution in [1.29, 1.82) is 0 Å². The van der Waals surface area contributed by atoms with Gasteiger partial charge in [0.05, 0.1) is 0 Å². The molecule has 4 heteroatoms. The van der Waals surface area contributed by atoms with Crippen LogP contribution in [-0.4, -0.2) is 9.97 Å². The van der Waals surface area contributed by atoms with Gasteiger partial charge in [-0.3, -0.25) is 9.78 Å². The first-order valence-corrected chi connectivity index (χ1v) is 6.12. The molecule has 2 N–H and O–H groups in total. The highest BCUT2D eigenvalue weighted by Gasteiger charge is 2.10. The minimum atomic E-state index is -0.374. The molecular formula is C12H18N2O2. The maximum atomic E-state index is 11.7. The van der Waals surface area contributed by atoms with Gasteiger partial charge < -0.3 is 4.98 Å². The molecule has 4 nitrogen and oxygen atoms in total. The lowest BCUT2D eigenvalue weighted by Gasteiger charge is -2.10. The van der Waals surface area contributed by atoms with E-state index in [0.717, 1.165) is 36.9 Å². The monoisotopic (exact) mass is 222 g/mol. The third-order valence-corrected chi connectivity index (χ3v) is 3.23. The van der Waals surface area contributed by atoms with Crippen molar-refractivity contribution in [2.75, 3.05) is 0 Å². The summed E-state index contributed by atoms with van der Waals surface area (Å²) in [5.41, 5.74) is 1.08. The van der Waals surface area contributed by atoms with Gasteiger partial charge in [-0.25, -0.2) is 4.79 Å². The summed E-state index contributed by atoms with van der Waals surface area (Å²) in [5.74, 6) is 0. The van der Waals surface area contributed by atoms with E-state index in [1.807, 2.05) is 0 Å². The molecule has 88 valence electrons. The third-order valence-electron chi connectivity index (χ3n) is 3.23. The molecule has 16 heavy (non-hydrogen) atoms. The zero-order valence-corrected chi connectivity index (χ0v) is 9.47. The molecule has 0 atom stereocenters. The minimum absolute atomic E-state index is 0.195. The molecule has 1 aromatic heterocycles. The first-order valence-electron chi connectivity index (χ1n) is 6.12. The van der Waals surface area contributed by atoms with E-state index >= 15 is 0 Å². The maximum Gasteiger partial charge on any atom is 0.325 e. The van der Waals surface area contributed by atoms with E-state index < -0.39 is 0 Å². The number of hydrogen-bond donors (Lipinski definition) is 2. The summed E-state index contributed by atoms with van der Waals surface area (Å²) in [7, 11) is 0. The highest BCUT2D eigenvalue weighted by atomic mass is 16.2. The smallest absolute Gasteiger partial charge is 0.311 e. The van der Waals surface area contributed by atoms with Crippen molar-refractivity contribution in [3.05, 3.63) is 32.1 Å². The molecule has 0 fully saturated rings. The van der Waals surface area contributed by atoms with Crippen LogP contribution in [0.15, 0.2) is 9.59 Å². The van der Waals surface area contributed by atoms with E-state index in [2.05, 4.69) is 9.97 Å². The van der Waals surface area contributed by atoms with Crippen LogP contribution in [0.2, 0.25) is 0 Å². The number of nitrogens with one attached hydrogen (secondary N) is 2. The van der Waals surface area contributed by atoms with Gasteiger partial charge in [-0.15, -0.1) is 0 Å². The molecule has 0 saturated heterocycles. The molecule has 0 radical (unpaired) electrons. The van der Waals surface area contributed by atoms with Crippen LogP contribution in [0.5, 0.6) is 0 Å². The molecule has 2 rings (SSSR count). The molecule has 0 spiro atoms. The lowest BCUT2D eigenvalue weighted by Crippen LogP contribution is -2.28. The Balaban J connectivity index is 2.33. The normalized spacial score (nSPS) is 17.8. The predicted molar refractivity (Wildman–Crippen MR) is 62.8 cm³/mol. The van der Waals surface area contributed by atoms with E-state index in [0.29, 0.717) is 0 Å². The lowest BCUT2D eigenvalue weighted by atomic mass is 9.99. The Morgan fingerprint density at radius 2 is 1.38 bits per heavy atom. The summed E-state index contributed by atoms with van der Waals surface area (Å²) >= 11 is 0. The van der Waals surface area contributed by atoms with Crippen LogP contribution < -0.4 is 11.2 Å². The average molecular weight is 222 g/mol. The number of hydrogen-bond acceptors (Lipinski definition) is 2. The Bertz CT molecular complexity index is 459. The number of rotatable bonds is 0. The molecule has 0 unspecified atom stereocenters. The highest BCUT2D eigenvalue weighted by Crippen LogP contribution is 2.14. The van der Waals surface area contributed by atoms with Gasteiger partial charge in [0.2, 0.25) is 0 Å². The van der Waals surface area contributed by atoms with E-state index in [-0.39, 0.29) is 11.2 Å². The third kappa shape index (κ3) is 2.62. The van der Waals surface area contributed by atoms with Gasteiger partial charge in [-0.2, -0.15) is 0 Å². The molecular weight excluding hydrogens is 204 g/mol. The van der Waals surface area contributed by atoms with Crippen molar-refractivity contribution >= 4 is 0 Å². The fourth-order valence-corrected chi connectivity index (χ4v) is 2.35. The van der Waals surface area contributed by atoms with E-state index in [4.69, 9.17) is 0 Å². The summed E-state index contributed by atoms with van der Waals surface area (Å²) in [6.45, 7) is 0. The molecule has 1 aliphatic carbocycles. The lowest BCUT2D eigenvalue weighted by molar-refractivity contribution is 0.572. The molecule has 0 aliphatic heterocycles. The Hall–Kier alpha value is -1.32. The molecule has 1 heterocycles. The van der Waals surface area contributed by atoms with Gasteiger partial charge in [0.25, 0.3) is 5.56 Å². The van der Waals surface area contributed by atoms with Gasteiger partial charge in [0.15, 0.2) is 0 Å². The molecule has 1 aromatic rings. The van der Waals surface area contributed by atoms with Crippen molar-refractivity contribution in [1.82, 2.24) is 9.97 Å². The summed E-state index contributed by atoms with van der Waals surface area (Å²) in [6.07, 6.45) is 8.62. The first-order chi connectivity index (χ1) is 7.77. The number of fused-ring (bicyclic) bond motifs is 1. The number of aromatic amines is 2. The van der Waals surface area contributed by atoms with Crippen molar-refractivity contribution in [3.63, 3.8) is 0 Å². The molecule has 0 bridgehead atoms. The zero-order valence-electron chi connectivity index (χ0n) is 9.47. The Morgan fingerprint density at radius 1 is 0.750 bits per heavy atom. The predicted octanol–water partition coefficient (Wildman–Crippen LogP) is 1.50. The van der Waals surface area contributed by atoms with Gasteiger partial charge in [0, 0.05) is 11.3 Å². The SMILES string of the molecule is O=c1[nH]c2c(c(=O)[nH]1)CCCCCCCC2. The van der Waals surface area contributed by atoms with Gasteiger partial charge in [-0.05, 0) is 25.7 Å². The van der Waals surface area contributed by atoms with Gasteiger partial charge in [-0.1, -0.05) is 25.7 Å². The summed E-state index contributed by atoms with van der Waals surface area (Å²) < 4.78 is 0. The highest BCUT2D eigenvalue weighted by molar-refractivity contribution is 5.16. The van der Waals surface area contributed by atoms with Crippen LogP contribution in [0.1, 0.15) is 49.8 Å². The van der Waals surface area contributed by atoms with Crippen molar-refractivity contribution in [2.45, 2.75) is 51.4 Å². The minimum Gasteiger partial charge on any atom is -0.311 e. The zero-order chi connectivity index (χ0) is 11.4. The van der Waals surface area contributed by atoms with E-state index in [1.165, 1.54) is 25.7 Å². The van der Waals surface area contributed by atoms with Crippen molar-refractivity contribution in [3.8, 4) is 0 Å². The van der Waals surface area contributed by atoms with Crippen LogP contribution in [0, 0.1) is 0 Å². The topological polar surface area (TPSA) is 65.7 Å². The summed E-state index contributed by atoms with van der Waals surface area (Å²) in [4.78, 5) is 28.0. The van der Waals surface area contributed by atoms with Crippen LogP contribution >= 0.6 is 0 Å². The maximum absolute atomic E-state index is 11.7. The standard InChI is InChI=1S/C12H18N2O2/c15-11-9-7-5-3-1-2-4-6-8-10(9)13-12(16)14-11/h1-8H2,(H2,13,14,15,16). The van der Waals surface area contributed by atoms with Crippen molar-refractivity contribution < 1.29 is 0 Å². The fourth-order valence-electron chi connectivity index (χ4n) is 2.35. The first kappa shape index (κ1) is 11.2. The Labute approximate surface area is 94.1 Å². The fraction of sp³-hybridized carbons (Fsp3) is 0.667. The second kappa shape index (κ2) is 5.14. The van der Waals surface area contributed by atoms with Crippen LogP contribution in [0.3, 0.4) is 0 Å². The quantitative estimate of drug-likeness (QED) is 0.698. The molecule has 0 amide bonds. The van der Waals surface area contributed by atoms with E-state index in [1.54, 1.807) is 0 Å². The number of aryl methyl sites for hydroxylation is 1. The van der Waals surface area contributed by atoms with Crippen LogP contribution in [0.25, 0.3) is 0 Å². The second-order valence-electron chi connectivity index (χ2n) is 4.49. The van der Waals surface area contributed by atoms with E-state index in [9.17, 15) is 9.59 Å². The summed E-state index contributed by atoms with van der Waals surface area (Å²) in [6, 6.07) is 0. The Morgan fingerprint density at radius 3 is 2.12 bits per heavy atom. The molecule has 1 aliphatic rings. The molecule has 0 saturated carbocycles. The van der Waals surface area contributed by atoms with Crippen molar-refractivity contribution in [2.24, 2.45) is 0 Å². The second-order valence-corrected chi connectivity index (χ2v) is 4.49. The van der Waals surface area contributed by atoms with Crippen LogP contribution in [-0.2, 0) is 12.8 Å². The number of H-pyrrole nitrogens is 2. The van der Waals surface area contributed by atoms with Gasteiger partial charge >= 0.3 is 5.69 Å². The number of aromatic nitrogens is 2. The van der Waals surface area contributed by atoms with Gasteiger partial charge in [0.1, 0.15) is 0 Å². The molecule has 0 aromatic carbocycles. The Kier molecular flexibility index (Phi) is 3.59. The largest absolute Gasteiger partial charge is 0.325 e. The average Bonchev–Trinajstić information content (AvgIpc) is 2.25. The van der Waals surface area contributed by atoms with Crippen LogP contribution in [0.4, 0.5) is 0 Å². The summed E-state index contributed by atoms with van der Waals surface area (Å²) in [5, 5.41) is 0.